The van der Waals surface area contributed by atoms with Crippen molar-refractivity contribution in [1.29, 1.82) is 5.41 Å². The average Bonchev–Trinajstić information content (AvgIpc) is 3.33. The summed E-state index contributed by atoms with van der Waals surface area (Å²) in [5.74, 6) is 1.61. The molecule has 37 heavy (non-hydrogen) atoms. The van der Waals surface area contributed by atoms with Crippen LogP contribution < -0.4 is 10.6 Å². The lowest BCUT2D eigenvalue weighted by Crippen LogP contribution is -2.37. The highest BCUT2D eigenvalue weighted by molar-refractivity contribution is 6.08. The fourth-order valence-electron chi connectivity index (χ4n) is 3.93. The zero-order valence-corrected chi connectivity index (χ0v) is 21.9. The fraction of sp³-hybridized carbons (Fsp3) is 0.407. The number of pyridine rings is 2. The number of ether oxygens (including phenoxy) is 1. The van der Waals surface area contributed by atoms with Gasteiger partial charge in [0.15, 0.2) is 5.82 Å². The maximum atomic E-state index is 12.3. The molecule has 1 amide bonds. The summed E-state index contributed by atoms with van der Waals surface area (Å²) in [6.07, 6.45) is 7.08. The van der Waals surface area contributed by atoms with Gasteiger partial charge in [-0.15, -0.1) is 5.10 Å². The van der Waals surface area contributed by atoms with Crippen LogP contribution in [0.3, 0.4) is 0 Å². The van der Waals surface area contributed by atoms with Gasteiger partial charge in [0.05, 0.1) is 17.2 Å². The number of carbonyl (C=O) groups excluding carboxylic acids is 1. The Balaban J connectivity index is 1.46. The third-order valence-corrected chi connectivity index (χ3v) is 5.94. The molecule has 0 saturated carbocycles. The highest BCUT2D eigenvalue weighted by Gasteiger charge is 2.29. The maximum Gasteiger partial charge on any atom is 0.410 e. The molecule has 0 spiro atoms. The number of fused-ring (bicyclic) bond motifs is 1. The van der Waals surface area contributed by atoms with Crippen LogP contribution >= 0.6 is 0 Å². The van der Waals surface area contributed by atoms with Crippen molar-refractivity contribution in [2.45, 2.75) is 58.6 Å². The molecule has 10 nitrogen and oxygen atoms in total. The summed E-state index contributed by atoms with van der Waals surface area (Å²) in [5, 5.41) is 22.7. The minimum Gasteiger partial charge on any atom is -0.444 e. The molecule has 1 atom stereocenters. The van der Waals surface area contributed by atoms with Gasteiger partial charge >= 0.3 is 6.09 Å². The Bertz CT molecular complexity index is 1320. The van der Waals surface area contributed by atoms with E-state index in [1.165, 1.54) is 6.21 Å². The summed E-state index contributed by atoms with van der Waals surface area (Å²) in [4.78, 5) is 23.3. The molecule has 1 saturated heterocycles. The molecule has 0 aromatic carbocycles. The first-order chi connectivity index (χ1) is 17.6. The van der Waals surface area contributed by atoms with Crippen molar-refractivity contribution in [3.63, 3.8) is 0 Å². The van der Waals surface area contributed by atoms with Crippen LogP contribution in [0.5, 0.6) is 0 Å². The molecule has 194 valence electrons. The van der Waals surface area contributed by atoms with Crippen LogP contribution in [0.1, 0.15) is 58.1 Å². The van der Waals surface area contributed by atoms with Gasteiger partial charge in [0.25, 0.3) is 0 Å². The number of nitrogens with one attached hydrogen (secondary N) is 3. The lowest BCUT2D eigenvalue weighted by molar-refractivity contribution is 0.0291. The molecule has 10 heteroatoms. The van der Waals surface area contributed by atoms with Crippen molar-refractivity contribution in [1.82, 2.24) is 30.4 Å². The van der Waals surface area contributed by atoms with E-state index in [4.69, 9.17) is 15.1 Å². The van der Waals surface area contributed by atoms with Crippen LogP contribution in [0.4, 0.5) is 16.4 Å². The van der Waals surface area contributed by atoms with E-state index < -0.39 is 5.60 Å². The monoisotopic (exact) mass is 502 g/mol. The van der Waals surface area contributed by atoms with Crippen LogP contribution in [0.15, 0.2) is 42.9 Å². The summed E-state index contributed by atoms with van der Waals surface area (Å²) in [7, 11) is 0. The Morgan fingerprint density at radius 3 is 2.73 bits per heavy atom. The predicted octanol–water partition coefficient (Wildman–Crippen LogP) is 4.88. The van der Waals surface area contributed by atoms with Crippen molar-refractivity contribution >= 4 is 40.6 Å². The minimum atomic E-state index is -0.520. The second-order valence-corrected chi connectivity index (χ2v) is 10.4. The van der Waals surface area contributed by atoms with E-state index in [2.05, 4.69) is 39.7 Å². The Morgan fingerprint density at radius 2 is 2.00 bits per heavy atom. The molecule has 1 aliphatic heterocycles. The number of anilines is 2. The Hall–Kier alpha value is -4.08. The van der Waals surface area contributed by atoms with Crippen molar-refractivity contribution in [3.05, 3.63) is 54.0 Å². The average molecular weight is 503 g/mol. The minimum absolute atomic E-state index is 0.0764. The third kappa shape index (κ3) is 6.78. The smallest absolute Gasteiger partial charge is 0.410 e. The molecular formula is C27H34N8O2. The van der Waals surface area contributed by atoms with Crippen LogP contribution in [-0.2, 0) is 4.74 Å². The molecule has 4 rings (SSSR count). The molecule has 3 aromatic rings. The second-order valence-electron chi connectivity index (χ2n) is 10.4. The van der Waals surface area contributed by atoms with Gasteiger partial charge in [-0.25, -0.2) is 9.78 Å². The van der Waals surface area contributed by atoms with E-state index in [0.717, 1.165) is 23.1 Å². The van der Waals surface area contributed by atoms with Gasteiger partial charge in [0.2, 0.25) is 0 Å². The maximum absolute atomic E-state index is 12.3. The summed E-state index contributed by atoms with van der Waals surface area (Å²) >= 11 is 0. The third-order valence-electron chi connectivity index (χ3n) is 5.94. The van der Waals surface area contributed by atoms with E-state index in [-0.39, 0.29) is 12.1 Å². The van der Waals surface area contributed by atoms with Crippen LogP contribution in [-0.4, -0.2) is 62.1 Å². The number of carbonyl (C=O) groups is 1. The molecule has 0 radical (unpaired) electrons. The van der Waals surface area contributed by atoms with Gasteiger partial charge in [0.1, 0.15) is 11.4 Å². The number of rotatable bonds is 7. The van der Waals surface area contributed by atoms with Gasteiger partial charge in [-0.1, -0.05) is 13.8 Å². The molecule has 3 N–H and O–H groups in total. The zero-order chi connectivity index (χ0) is 26.6. The first kappa shape index (κ1) is 26.0. The number of nitrogens with zero attached hydrogens (tertiary/aromatic N) is 5. The van der Waals surface area contributed by atoms with E-state index in [1.54, 1.807) is 23.5 Å². The van der Waals surface area contributed by atoms with E-state index in [9.17, 15) is 4.79 Å². The fourth-order valence-corrected chi connectivity index (χ4v) is 3.93. The van der Waals surface area contributed by atoms with Crippen molar-refractivity contribution < 1.29 is 9.53 Å². The second kappa shape index (κ2) is 10.9. The largest absolute Gasteiger partial charge is 0.444 e. The van der Waals surface area contributed by atoms with Crippen LogP contribution in [0, 0.1) is 5.41 Å². The number of allylic oxidation sites excluding steroid dienone is 1. The number of likely N-dealkylation sites (tertiary alicyclic amines) is 1. The van der Waals surface area contributed by atoms with E-state index in [0.29, 0.717) is 41.7 Å². The standard InChI is InChI=1S/C27H34N8O2/c1-17(2)18-11-25(34-31-15-18)33-24-7-6-22-23(32-24)10-19(13-30-22)20(12-28)14-29-21-8-9-35(16-21)26(36)37-27(3,4)5/h6-7,10-15,17,21,28-29H,8-9,16H2,1-5H3,(H,32,33,34)/b20-14+,28-12?/t21-/m0/s1. The Labute approximate surface area is 217 Å². The van der Waals surface area contributed by atoms with Gasteiger partial charge < -0.3 is 25.7 Å². The molecule has 1 fully saturated rings. The number of amides is 1. The normalized spacial score (nSPS) is 16.2. The number of hydrogen-bond donors (Lipinski definition) is 3. The molecule has 1 aliphatic rings. The van der Waals surface area contributed by atoms with Gasteiger partial charge in [0, 0.05) is 48.9 Å². The lowest BCUT2D eigenvalue weighted by atomic mass is 10.1. The van der Waals surface area contributed by atoms with Crippen molar-refractivity contribution in [2.24, 2.45) is 0 Å². The van der Waals surface area contributed by atoms with E-state index in [1.807, 2.05) is 45.0 Å². The van der Waals surface area contributed by atoms with Gasteiger partial charge in [-0.05, 0) is 62.9 Å². The number of aromatic nitrogens is 4. The SMILES string of the molecule is CC(C)c1cnnc(Nc2ccc3ncc(/C(C=N)=C/N[C@H]4CCN(C(=O)OC(C)(C)C)C4)cc3n2)c1. The first-order valence-electron chi connectivity index (χ1n) is 12.4. The quantitative estimate of drug-likeness (QED) is 0.390. The molecule has 4 heterocycles. The highest BCUT2D eigenvalue weighted by atomic mass is 16.6. The van der Waals surface area contributed by atoms with Gasteiger partial charge in [-0.3, -0.25) is 4.98 Å². The topological polar surface area (TPSA) is 129 Å². The first-order valence-corrected chi connectivity index (χ1v) is 12.4. The number of hydrogen-bond acceptors (Lipinski definition) is 9. The van der Waals surface area contributed by atoms with Gasteiger partial charge in [-0.2, -0.15) is 5.10 Å². The molecule has 0 aliphatic carbocycles. The summed E-state index contributed by atoms with van der Waals surface area (Å²) in [5.41, 5.74) is 3.45. The zero-order valence-electron chi connectivity index (χ0n) is 21.9. The van der Waals surface area contributed by atoms with Crippen molar-refractivity contribution in [3.8, 4) is 0 Å². The predicted molar refractivity (Wildman–Crippen MR) is 145 cm³/mol. The summed E-state index contributed by atoms with van der Waals surface area (Å²) in [6, 6.07) is 7.69. The molecule has 3 aromatic heterocycles. The Morgan fingerprint density at radius 1 is 1.19 bits per heavy atom. The van der Waals surface area contributed by atoms with Crippen molar-refractivity contribution in [2.75, 3.05) is 18.4 Å². The highest BCUT2D eigenvalue weighted by Crippen LogP contribution is 2.22. The summed E-state index contributed by atoms with van der Waals surface area (Å²) in [6.45, 7) is 11.0. The molecular weight excluding hydrogens is 468 g/mol. The lowest BCUT2D eigenvalue weighted by Gasteiger charge is -2.24. The van der Waals surface area contributed by atoms with Crippen LogP contribution in [0.2, 0.25) is 0 Å². The summed E-state index contributed by atoms with van der Waals surface area (Å²) < 4.78 is 5.47. The Kier molecular flexibility index (Phi) is 7.66. The molecule has 0 bridgehead atoms. The van der Waals surface area contributed by atoms with Crippen LogP contribution in [0.25, 0.3) is 16.6 Å². The molecule has 0 unspecified atom stereocenters. The van der Waals surface area contributed by atoms with E-state index >= 15 is 0 Å².